The molecule has 1 unspecified atom stereocenters. The second-order valence-electron chi connectivity index (χ2n) is 10.2. The molecule has 1 saturated heterocycles. The Bertz CT molecular complexity index is 1450. The number of carbonyl (C=O) groups is 4. The van der Waals surface area contributed by atoms with Crippen molar-refractivity contribution < 1.29 is 34.1 Å². The summed E-state index contributed by atoms with van der Waals surface area (Å²) in [7, 11) is 0. The Balaban J connectivity index is 1.39. The second-order valence-corrected chi connectivity index (χ2v) is 12.3. The van der Waals surface area contributed by atoms with Gasteiger partial charge in [-0.25, -0.2) is 14.7 Å². The molecule has 1 aromatic heterocycles. The zero-order chi connectivity index (χ0) is 29.9. The average Bonchev–Trinajstić information content (AvgIpc) is 2.89. The number of phenolic OH excluding ortho intramolecular Hbond substituents is 1. The lowest BCUT2D eigenvalue weighted by molar-refractivity contribution is -0.150. The first kappa shape index (κ1) is 30.0. The van der Waals surface area contributed by atoms with Crippen LogP contribution in [0.15, 0.2) is 51.4 Å². The van der Waals surface area contributed by atoms with E-state index in [0.29, 0.717) is 27.5 Å². The molecule has 0 saturated carbocycles. The van der Waals surface area contributed by atoms with E-state index in [1.165, 1.54) is 52.7 Å². The Hall–Kier alpha value is -3.98. The molecular formula is C26H29N5O8S2. The van der Waals surface area contributed by atoms with Gasteiger partial charge in [-0.3, -0.25) is 19.3 Å². The SMILES string of the molecule is CC(C)(C)OC(=O)NCc1cc(O)ccc1CC(=O)NC1C(=O)N2C(C(=O)O)=C(CSc3ccc(=O)[nH]n3)CS[C@H]12. The summed E-state index contributed by atoms with van der Waals surface area (Å²) in [5.74, 6) is -1.71. The number of H-pyrrole nitrogens is 1. The summed E-state index contributed by atoms with van der Waals surface area (Å²) >= 11 is 2.58. The van der Waals surface area contributed by atoms with Crippen LogP contribution in [0.3, 0.4) is 0 Å². The smallest absolute Gasteiger partial charge is 0.407 e. The molecule has 1 aromatic carbocycles. The maximum Gasteiger partial charge on any atom is 0.407 e. The lowest BCUT2D eigenvalue weighted by atomic mass is 10.0. The van der Waals surface area contributed by atoms with Crippen molar-refractivity contribution in [1.82, 2.24) is 25.7 Å². The topological polar surface area (TPSA) is 191 Å². The predicted molar refractivity (Wildman–Crippen MR) is 150 cm³/mol. The van der Waals surface area contributed by atoms with Gasteiger partial charge in [0.2, 0.25) is 5.91 Å². The van der Waals surface area contributed by atoms with E-state index in [-0.39, 0.29) is 35.7 Å². The molecule has 0 spiro atoms. The number of aliphatic carboxylic acids is 1. The van der Waals surface area contributed by atoms with Crippen LogP contribution in [0.25, 0.3) is 0 Å². The minimum absolute atomic E-state index is 0.00266. The quantitative estimate of drug-likeness (QED) is 0.207. The molecule has 2 aromatic rings. The zero-order valence-electron chi connectivity index (χ0n) is 22.4. The molecule has 1 fully saturated rings. The second kappa shape index (κ2) is 12.3. The fourth-order valence-electron chi connectivity index (χ4n) is 4.20. The lowest BCUT2D eigenvalue weighted by Crippen LogP contribution is -2.70. The lowest BCUT2D eigenvalue weighted by Gasteiger charge is -2.49. The van der Waals surface area contributed by atoms with E-state index in [1.54, 1.807) is 26.8 Å². The zero-order valence-corrected chi connectivity index (χ0v) is 24.1. The minimum Gasteiger partial charge on any atom is -0.508 e. The first-order valence-electron chi connectivity index (χ1n) is 12.5. The van der Waals surface area contributed by atoms with Crippen molar-refractivity contribution in [3.05, 3.63) is 63.1 Å². The van der Waals surface area contributed by atoms with Crippen molar-refractivity contribution in [3.63, 3.8) is 0 Å². The number of β-lactam (4-membered cyclic amide) rings is 1. The van der Waals surface area contributed by atoms with E-state index in [0.717, 1.165) is 0 Å². The number of benzene rings is 1. The number of alkyl carbamates (subject to hydrolysis) is 1. The molecule has 2 aliphatic heterocycles. The molecule has 13 nitrogen and oxygen atoms in total. The summed E-state index contributed by atoms with van der Waals surface area (Å²) in [6.07, 6.45) is -0.789. The highest BCUT2D eigenvalue weighted by molar-refractivity contribution is 8.01. The van der Waals surface area contributed by atoms with Crippen LogP contribution in [0.4, 0.5) is 4.79 Å². The highest BCUT2D eigenvalue weighted by Crippen LogP contribution is 2.41. The standard InChI is InChI=1S/C26H29N5O8S2/c1-26(2,3)39-25(38)27-10-14-8-16(32)5-4-13(14)9-18(34)28-20-22(35)31-21(24(36)37)15(12-41-23(20)31)11-40-19-7-6-17(33)29-30-19/h4-8,20,23,32H,9-12H2,1-3H3,(H,27,38)(H,28,34)(H,29,33)(H,36,37)/t20?,23-/m1/s1. The van der Waals surface area contributed by atoms with Crippen molar-refractivity contribution in [2.75, 3.05) is 11.5 Å². The summed E-state index contributed by atoms with van der Waals surface area (Å²) in [5, 5.41) is 31.2. The first-order valence-corrected chi connectivity index (χ1v) is 14.5. The van der Waals surface area contributed by atoms with Gasteiger partial charge >= 0.3 is 12.1 Å². The number of carbonyl (C=O) groups excluding carboxylic acids is 3. The van der Waals surface area contributed by atoms with Gasteiger partial charge in [0.05, 0.1) is 6.42 Å². The summed E-state index contributed by atoms with van der Waals surface area (Å²) in [6.45, 7) is 5.19. The summed E-state index contributed by atoms with van der Waals surface area (Å²) in [6, 6.07) is 6.34. The molecule has 0 aliphatic carbocycles. The largest absolute Gasteiger partial charge is 0.508 e. The van der Waals surface area contributed by atoms with Crippen LogP contribution in [0.1, 0.15) is 31.9 Å². The van der Waals surface area contributed by atoms with E-state index in [9.17, 15) is 34.2 Å². The number of hydrogen-bond acceptors (Lipinski definition) is 10. The van der Waals surface area contributed by atoms with Crippen LogP contribution in [-0.4, -0.2) is 77.7 Å². The Morgan fingerprint density at radius 2 is 1.95 bits per heavy atom. The number of phenols is 1. The van der Waals surface area contributed by atoms with Gasteiger partial charge in [0.15, 0.2) is 0 Å². The third kappa shape index (κ3) is 7.41. The van der Waals surface area contributed by atoms with Gasteiger partial charge in [-0.05, 0) is 55.7 Å². The monoisotopic (exact) mass is 603 g/mol. The highest BCUT2D eigenvalue weighted by atomic mass is 32.2. The number of thioether (sulfide) groups is 2. The van der Waals surface area contributed by atoms with Crippen molar-refractivity contribution in [1.29, 1.82) is 0 Å². The number of rotatable bonds is 9. The molecule has 4 rings (SSSR count). The van der Waals surface area contributed by atoms with E-state index in [2.05, 4.69) is 20.8 Å². The minimum atomic E-state index is -1.25. The van der Waals surface area contributed by atoms with Crippen LogP contribution >= 0.6 is 23.5 Å². The van der Waals surface area contributed by atoms with Gasteiger partial charge < -0.3 is 25.6 Å². The van der Waals surface area contributed by atoms with Crippen molar-refractivity contribution in [3.8, 4) is 5.75 Å². The molecule has 0 bridgehead atoms. The number of aromatic amines is 1. The van der Waals surface area contributed by atoms with Gasteiger partial charge in [-0.2, -0.15) is 5.10 Å². The predicted octanol–water partition coefficient (Wildman–Crippen LogP) is 1.57. The molecule has 0 radical (unpaired) electrons. The summed E-state index contributed by atoms with van der Waals surface area (Å²) in [4.78, 5) is 62.5. The number of aromatic hydroxyl groups is 1. The Morgan fingerprint density at radius 3 is 2.61 bits per heavy atom. The number of aromatic nitrogens is 2. The first-order chi connectivity index (χ1) is 19.3. The number of nitrogens with zero attached hydrogens (tertiary/aromatic N) is 2. The van der Waals surface area contributed by atoms with Crippen molar-refractivity contribution in [2.24, 2.45) is 0 Å². The van der Waals surface area contributed by atoms with E-state index >= 15 is 0 Å². The molecule has 3 amide bonds. The summed E-state index contributed by atoms with van der Waals surface area (Å²) in [5.41, 5.74) is 0.389. The van der Waals surface area contributed by atoms with Crippen molar-refractivity contribution >= 4 is 47.4 Å². The Morgan fingerprint density at radius 1 is 1.20 bits per heavy atom. The van der Waals surface area contributed by atoms with Crippen molar-refractivity contribution in [2.45, 2.75) is 55.8 Å². The number of fused-ring (bicyclic) bond motifs is 1. The van der Waals surface area contributed by atoms with Crippen LogP contribution < -0.4 is 16.2 Å². The van der Waals surface area contributed by atoms with Gasteiger partial charge in [-0.15, -0.1) is 23.5 Å². The fraction of sp³-hybridized carbons (Fsp3) is 0.385. The van der Waals surface area contributed by atoms with Gasteiger partial charge in [-0.1, -0.05) is 6.07 Å². The average molecular weight is 604 g/mol. The van der Waals surface area contributed by atoms with E-state index in [4.69, 9.17) is 4.74 Å². The van der Waals surface area contributed by atoms with Crippen LogP contribution in [-0.2, 0) is 32.1 Å². The fourth-order valence-corrected chi connectivity index (χ4v) is 6.51. The number of carboxylic acids is 1. The Kier molecular flexibility index (Phi) is 8.97. The third-order valence-corrected chi connectivity index (χ3v) is 8.33. The molecule has 41 heavy (non-hydrogen) atoms. The molecule has 218 valence electrons. The molecule has 5 N–H and O–H groups in total. The maximum absolute atomic E-state index is 13.0. The molecular weight excluding hydrogens is 574 g/mol. The molecule has 15 heteroatoms. The summed E-state index contributed by atoms with van der Waals surface area (Å²) < 4.78 is 5.22. The number of ether oxygens (including phenoxy) is 1. The number of carboxylic acid groups (broad SMARTS) is 1. The van der Waals surface area contributed by atoms with Gasteiger partial charge in [0.1, 0.15) is 33.5 Å². The third-order valence-electron chi connectivity index (χ3n) is 5.98. The van der Waals surface area contributed by atoms with Crippen LogP contribution in [0.5, 0.6) is 5.75 Å². The van der Waals surface area contributed by atoms with Gasteiger partial charge in [0.25, 0.3) is 11.5 Å². The highest BCUT2D eigenvalue weighted by Gasteiger charge is 2.54. The molecule has 3 heterocycles. The normalized spacial score (nSPS) is 18.3. The number of nitrogens with one attached hydrogen (secondary N) is 3. The number of hydrogen-bond donors (Lipinski definition) is 5. The van der Waals surface area contributed by atoms with E-state index < -0.39 is 40.9 Å². The van der Waals surface area contributed by atoms with Crippen LogP contribution in [0.2, 0.25) is 0 Å². The molecule has 2 atom stereocenters. The Labute approximate surface area is 243 Å². The van der Waals surface area contributed by atoms with Gasteiger partial charge in [0, 0.05) is 24.1 Å². The number of amides is 3. The van der Waals surface area contributed by atoms with E-state index in [1.807, 2.05) is 0 Å². The maximum atomic E-state index is 13.0. The van der Waals surface area contributed by atoms with Crippen LogP contribution in [0, 0.1) is 0 Å². The molecule has 2 aliphatic rings.